The fraction of sp³-hybridized carbons (Fsp3) is 0.615. The molecular weight excluding hydrogens is 282 g/mol. The molecule has 1 atom stereocenters. The number of aliphatic carboxylic acids is 1. The quantitative estimate of drug-likeness (QED) is 0.307. The molecule has 0 radical (unpaired) electrons. The van der Waals surface area contributed by atoms with Gasteiger partial charge in [0.05, 0.1) is 19.8 Å². The number of carbonyl (C=O) groups excluding carboxylic acids is 2. The molecule has 0 aromatic carbocycles. The Morgan fingerprint density at radius 1 is 1.29 bits per heavy atom. The predicted molar refractivity (Wildman–Crippen MR) is 72.7 cm³/mol. The van der Waals surface area contributed by atoms with Crippen molar-refractivity contribution >= 4 is 17.8 Å². The standard InChI is InChI=1S/C13H21NO7/c1-3-21-12(16)6-4-5-10(13(17)18)14-11(15)9-20-8-7-19-2/h4,6,10H,3,5,7-9H2,1-2H3,(H,14,15)(H,17,18)/b6-4+/t10-/m1/s1. The monoisotopic (exact) mass is 303 g/mol. The molecule has 21 heavy (non-hydrogen) atoms. The summed E-state index contributed by atoms with van der Waals surface area (Å²) in [7, 11) is 1.50. The molecule has 0 saturated heterocycles. The molecule has 0 aliphatic carbocycles. The highest BCUT2D eigenvalue weighted by molar-refractivity contribution is 5.85. The number of amides is 1. The van der Waals surface area contributed by atoms with Gasteiger partial charge >= 0.3 is 11.9 Å². The Morgan fingerprint density at radius 2 is 2.00 bits per heavy atom. The number of carboxylic acids is 1. The fourth-order valence-electron chi connectivity index (χ4n) is 1.26. The maximum Gasteiger partial charge on any atom is 0.330 e. The fourth-order valence-corrected chi connectivity index (χ4v) is 1.26. The lowest BCUT2D eigenvalue weighted by Crippen LogP contribution is -2.42. The van der Waals surface area contributed by atoms with Crippen molar-refractivity contribution in [1.29, 1.82) is 0 Å². The maximum atomic E-state index is 11.5. The molecule has 0 aliphatic heterocycles. The summed E-state index contributed by atoms with van der Waals surface area (Å²) in [5, 5.41) is 11.3. The second kappa shape index (κ2) is 11.9. The van der Waals surface area contributed by atoms with Crippen LogP contribution in [0.2, 0.25) is 0 Å². The van der Waals surface area contributed by atoms with E-state index in [1.54, 1.807) is 6.92 Å². The topological polar surface area (TPSA) is 111 Å². The molecule has 0 aromatic heterocycles. The van der Waals surface area contributed by atoms with Crippen LogP contribution in [-0.4, -0.2) is 62.5 Å². The van der Waals surface area contributed by atoms with Gasteiger partial charge in [-0.3, -0.25) is 4.79 Å². The van der Waals surface area contributed by atoms with Crippen molar-refractivity contribution in [3.8, 4) is 0 Å². The van der Waals surface area contributed by atoms with E-state index in [0.29, 0.717) is 6.61 Å². The zero-order valence-electron chi connectivity index (χ0n) is 12.2. The van der Waals surface area contributed by atoms with Crippen molar-refractivity contribution in [2.45, 2.75) is 19.4 Å². The number of methoxy groups -OCH3 is 1. The minimum Gasteiger partial charge on any atom is -0.480 e. The third-order valence-corrected chi connectivity index (χ3v) is 2.21. The average molecular weight is 303 g/mol. The molecule has 1 amide bonds. The number of carboxylic acid groups (broad SMARTS) is 1. The molecule has 0 rings (SSSR count). The molecular formula is C13H21NO7. The number of carbonyl (C=O) groups is 3. The van der Waals surface area contributed by atoms with Crippen molar-refractivity contribution in [3.63, 3.8) is 0 Å². The molecule has 0 aromatic rings. The van der Waals surface area contributed by atoms with Gasteiger partial charge in [0, 0.05) is 13.2 Å². The van der Waals surface area contributed by atoms with E-state index in [0.717, 1.165) is 6.08 Å². The van der Waals surface area contributed by atoms with E-state index in [9.17, 15) is 14.4 Å². The van der Waals surface area contributed by atoms with Crippen molar-refractivity contribution < 1.29 is 33.7 Å². The first-order valence-electron chi connectivity index (χ1n) is 6.43. The van der Waals surface area contributed by atoms with Crippen molar-refractivity contribution in [3.05, 3.63) is 12.2 Å². The van der Waals surface area contributed by atoms with Gasteiger partial charge in [0.1, 0.15) is 12.6 Å². The van der Waals surface area contributed by atoms with Gasteiger partial charge in [-0.2, -0.15) is 0 Å². The van der Waals surface area contributed by atoms with Crippen LogP contribution in [0.15, 0.2) is 12.2 Å². The van der Waals surface area contributed by atoms with Gasteiger partial charge in [0.2, 0.25) is 5.91 Å². The Bertz CT molecular complexity index is 368. The summed E-state index contributed by atoms with van der Waals surface area (Å²) >= 11 is 0. The summed E-state index contributed by atoms with van der Waals surface area (Å²) in [6.45, 7) is 2.23. The second-order valence-corrected chi connectivity index (χ2v) is 3.89. The van der Waals surface area contributed by atoms with Gasteiger partial charge in [-0.15, -0.1) is 0 Å². The van der Waals surface area contributed by atoms with E-state index in [-0.39, 0.29) is 26.2 Å². The molecule has 0 heterocycles. The van der Waals surface area contributed by atoms with Crippen LogP contribution in [0.25, 0.3) is 0 Å². The summed E-state index contributed by atoms with van der Waals surface area (Å²) in [5.41, 5.74) is 0. The van der Waals surface area contributed by atoms with Crippen LogP contribution in [0.5, 0.6) is 0 Å². The molecule has 2 N–H and O–H groups in total. The van der Waals surface area contributed by atoms with Gasteiger partial charge in [-0.25, -0.2) is 9.59 Å². The Kier molecular flexibility index (Phi) is 10.8. The lowest BCUT2D eigenvalue weighted by Gasteiger charge is -2.12. The number of nitrogens with one attached hydrogen (secondary N) is 1. The van der Waals surface area contributed by atoms with Gasteiger partial charge < -0.3 is 24.6 Å². The largest absolute Gasteiger partial charge is 0.480 e. The minimum atomic E-state index is -1.20. The van der Waals surface area contributed by atoms with Crippen LogP contribution in [0, 0.1) is 0 Å². The van der Waals surface area contributed by atoms with Crippen LogP contribution in [-0.2, 0) is 28.6 Å². The zero-order chi connectivity index (χ0) is 16.1. The molecule has 0 fully saturated rings. The zero-order valence-corrected chi connectivity index (χ0v) is 12.2. The molecule has 120 valence electrons. The lowest BCUT2D eigenvalue weighted by molar-refractivity contribution is -0.142. The number of hydrogen-bond acceptors (Lipinski definition) is 6. The van der Waals surface area contributed by atoms with Gasteiger partial charge in [-0.1, -0.05) is 6.08 Å². The molecule has 8 heteroatoms. The van der Waals surface area contributed by atoms with Crippen molar-refractivity contribution in [1.82, 2.24) is 5.32 Å². The van der Waals surface area contributed by atoms with Crippen LogP contribution >= 0.6 is 0 Å². The predicted octanol–water partition coefficient (Wildman–Crippen LogP) is -0.272. The first kappa shape index (κ1) is 19.1. The average Bonchev–Trinajstić information content (AvgIpc) is 2.42. The maximum absolute atomic E-state index is 11.5. The molecule has 0 unspecified atom stereocenters. The summed E-state index contributed by atoms with van der Waals surface area (Å²) in [6, 6.07) is -1.13. The van der Waals surface area contributed by atoms with E-state index in [1.807, 2.05) is 0 Å². The Balaban J connectivity index is 4.15. The van der Waals surface area contributed by atoms with Gasteiger partial charge in [0.15, 0.2) is 0 Å². The van der Waals surface area contributed by atoms with Crippen molar-refractivity contribution in [2.75, 3.05) is 33.5 Å². The Morgan fingerprint density at radius 3 is 2.57 bits per heavy atom. The summed E-state index contributed by atoms with van der Waals surface area (Å²) < 4.78 is 14.4. The first-order valence-corrected chi connectivity index (χ1v) is 6.43. The van der Waals surface area contributed by atoms with Crippen LogP contribution in [0.3, 0.4) is 0 Å². The normalized spacial score (nSPS) is 12.1. The number of hydrogen-bond donors (Lipinski definition) is 2. The first-order chi connectivity index (χ1) is 10.0. The minimum absolute atomic E-state index is 0.0298. The van der Waals surface area contributed by atoms with E-state index >= 15 is 0 Å². The highest BCUT2D eigenvalue weighted by atomic mass is 16.5. The molecule has 0 bridgehead atoms. The highest BCUT2D eigenvalue weighted by Gasteiger charge is 2.18. The molecule has 0 spiro atoms. The number of rotatable bonds is 11. The number of ether oxygens (including phenoxy) is 3. The van der Waals surface area contributed by atoms with E-state index in [2.05, 4.69) is 10.1 Å². The third kappa shape index (κ3) is 10.5. The van der Waals surface area contributed by atoms with E-state index in [4.69, 9.17) is 14.6 Å². The van der Waals surface area contributed by atoms with E-state index in [1.165, 1.54) is 13.2 Å². The Labute approximate surface area is 123 Å². The molecule has 0 saturated carbocycles. The van der Waals surface area contributed by atoms with Crippen LogP contribution in [0.1, 0.15) is 13.3 Å². The summed E-state index contributed by atoms with van der Waals surface area (Å²) in [4.78, 5) is 33.5. The lowest BCUT2D eigenvalue weighted by atomic mass is 10.2. The summed E-state index contributed by atoms with van der Waals surface area (Å²) in [5.74, 6) is -2.31. The third-order valence-electron chi connectivity index (χ3n) is 2.21. The van der Waals surface area contributed by atoms with E-state index < -0.39 is 23.9 Å². The highest BCUT2D eigenvalue weighted by Crippen LogP contribution is 1.96. The molecule has 0 aliphatic rings. The van der Waals surface area contributed by atoms with Gasteiger partial charge in [-0.05, 0) is 13.3 Å². The van der Waals surface area contributed by atoms with Gasteiger partial charge in [0.25, 0.3) is 0 Å². The summed E-state index contributed by atoms with van der Waals surface area (Å²) in [6.07, 6.45) is 2.43. The SMILES string of the molecule is CCOC(=O)/C=C/C[C@@H](NC(=O)COCCOC)C(=O)O. The van der Waals surface area contributed by atoms with Crippen molar-refractivity contribution in [2.24, 2.45) is 0 Å². The number of esters is 1. The van der Waals surface area contributed by atoms with Crippen LogP contribution in [0.4, 0.5) is 0 Å². The smallest absolute Gasteiger partial charge is 0.330 e. The molecule has 8 nitrogen and oxygen atoms in total. The Hall–Kier alpha value is -1.93. The second-order valence-electron chi connectivity index (χ2n) is 3.89. The van der Waals surface area contributed by atoms with Crippen LogP contribution < -0.4 is 5.32 Å².